The van der Waals surface area contributed by atoms with Crippen molar-refractivity contribution in [2.45, 2.75) is 25.7 Å². The maximum absolute atomic E-state index is 2.49. The van der Waals surface area contributed by atoms with Crippen LogP contribution in [-0.4, -0.2) is 4.43 Å². The van der Waals surface area contributed by atoms with Gasteiger partial charge in [0, 0.05) is 4.43 Å². The van der Waals surface area contributed by atoms with Crippen molar-refractivity contribution in [1.82, 2.24) is 0 Å². The van der Waals surface area contributed by atoms with Gasteiger partial charge in [0.15, 0.2) is 0 Å². The number of benzene rings is 3. The van der Waals surface area contributed by atoms with Crippen molar-refractivity contribution in [2.24, 2.45) is 5.92 Å². The molecule has 3 aromatic rings. The Balaban J connectivity index is 0.000000236. The highest BCUT2D eigenvalue weighted by Gasteiger charge is 2.15. The Morgan fingerprint density at radius 1 is 0.615 bits per heavy atom. The fourth-order valence-electron chi connectivity index (χ4n) is 3.34. The monoisotopic (exact) mass is 472 g/mol. The Hall–Kier alpha value is -1.18. The summed E-state index contributed by atoms with van der Waals surface area (Å²) in [6.45, 7) is 0. The summed E-state index contributed by atoms with van der Waals surface area (Å²) in [6, 6.07) is 32.3. The van der Waals surface area contributed by atoms with E-state index in [4.69, 9.17) is 0 Å². The molecule has 0 amide bonds. The zero-order chi connectivity index (χ0) is 18.0. The normalized spacial score (nSPS) is 14.1. The number of hydrogen-bond acceptors (Lipinski definition) is 0. The first-order valence-electron chi connectivity index (χ1n) is 9.39. The van der Waals surface area contributed by atoms with Gasteiger partial charge in [-0.1, -0.05) is 126 Å². The second kappa shape index (κ2) is 10.8. The summed E-state index contributed by atoms with van der Waals surface area (Å²) < 4.78 is 1.39. The maximum atomic E-state index is 2.49. The molecular formula is C24H26IP. The van der Waals surface area contributed by atoms with E-state index < -0.39 is 7.92 Å². The van der Waals surface area contributed by atoms with Crippen LogP contribution in [0.3, 0.4) is 0 Å². The predicted molar refractivity (Wildman–Crippen MR) is 126 cm³/mol. The first-order chi connectivity index (χ1) is 12.9. The van der Waals surface area contributed by atoms with E-state index in [1.165, 1.54) is 46.0 Å². The summed E-state index contributed by atoms with van der Waals surface area (Å²) in [4.78, 5) is 0. The summed E-state index contributed by atoms with van der Waals surface area (Å²) in [5, 5.41) is 4.19. The summed E-state index contributed by atoms with van der Waals surface area (Å²) in [6.07, 6.45) is 5.99. The van der Waals surface area contributed by atoms with Gasteiger partial charge in [-0.3, -0.25) is 0 Å². The number of rotatable bonds is 4. The third-order valence-electron chi connectivity index (χ3n) is 4.74. The van der Waals surface area contributed by atoms with E-state index in [-0.39, 0.29) is 0 Å². The highest BCUT2D eigenvalue weighted by atomic mass is 127. The average Bonchev–Trinajstić information content (AvgIpc) is 3.25. The quantitative estimate of drug-likeness (QED) is 0.246. The van der Waals surface area contributed by atoms with Crippen LogP contribution in [0.15, 0.2) is 91.0 Å². The van der Waals surface area contributed by atoms with E-state index in [1.54, 1.807) is 0 Å². The summed E-state index contributed by atoms with van der Waals surface area (Å²) in [5.41, 5.74) is 0. The molecular weight excluding hydrogens is 446 g/mol. The summed E-state index contributed by atoms with van der Waals surface area (Å²) in [7, 11) is -0.446. The molecule has 0 bridgehead atoms. The van der Waals surface area contributed by atoms with E-state index in [1.807, 2.05) is 0 Å². The molecule has 26 heavy (non-hydrogen) atoms. The molecule has 1 aliphatic rings. The molecule has 0 N–H and O–H groups in total. The number of hydrogen-bond donors (Lipinski definition) is 0. The molecule has 0 radical (unpaired) electrons. The molecule has 0 unspecified atom stereocenters. The van der Waals surface area contributed by atoms with Crippen LogP contribution in [0, 0.1) is 5.92 Å². The van der Waals surface area contributed by atoms with Crippen LogP contribution in [0.2, 0.25) is 0 Å². The Morgan fingerprint density at radius 2 is 0.962 bits per heavy atom. The van der Waals surface area contributed by atoms with Crippen molar-refractivity contribution in [3.05, 3.63) is 91.0 Å². The number of alkyl halides is 1. The Kier molecular flexibility index (Phi) is 8.17. The molecule has 0 saturated heterocycles. The second-order valence-corrected chi connectivity index (χ2v) is 9.75. The van der Waals surface area contributed by atoms with Crippen molar-refractivity contribution in [3.63, 3.8) is 0 Å². The third-order valence-corrected chi connectivity index (χ3v) is 8.43. The van der Waals surface area contributed by atoms with Gasteiger partial charge in [0.25, 0.3) is 0 Å². The van der Waals surface area contributed by atoms with Gasteiger partial charge in [-0.05, 0) is 42.6 Å². The molecule has 0 spiro atoms. The minimum atomic E-state index is -0.446. The van der Waals surface area contributed by atoms with E-state index in [0.717, 1.165) is 5.92 Å². The first kappa shape index (κ1) is 19.6. The second-order valence-electron chi connectivity index (χ2n) is 6.65. The molecule has 0 nitrogen and oxygen atoms in total. The molecule has 0 aromatic heterocycles. The molecule has 0 aliphatic heterocycles. The lowest BCUT2D eigenvalue weighted by atomic mass is 10.2. The van der Waals surface area contributed by atoms with Gasteiger partial charge in [0.05, 0.1) is 0 Å². The number of halogens is 1. The van der Waals surface area contributed by atoms with Crippen molar-refractivity contribution in [3.8, 4) is 0 Å². The predicted octanol–water partition coefficient (Wildman–Crippen LogP) is 6.06. The van der Waals surface area contributed by atoms with Crippen LogP contribution in [0.4, 0.5) is 0 Å². The molecule has 3 aromatic carbocycles. The Morgan fingerprint density at radius 3 is 1.23 bits per heavy atom. The van der Waals surface area contributed by atoms with Crippen molar-refractivity contribution < 1.29 is 0 Å². The molecule has 1 saturated carbocycles. The molecule has 0 heterocycles. The summed E-state index contributed by atoms with van der Waals surface area (Å²) >= 11 is 2.49. The summed E-state index contributed by atoms with van der Waals surface area (Å²) in [5.74, 6) is 1.08. The molecule has 134 valence electrons. The smallest absolute Gasteiger partial charge is 0.00237 e. The van der Waals surface area contributed by atoms with Gasteiger partial charge in [-0.25, -0.2) is 0 Å². The van der Waals surface area contributed by atoms with Gasteiger partial charge >= 0.3 is 0 Å². The lowest BCUT2D eigenvalue weighted by Gasteiger charge is -2.18. The van der Waals surface area contributed by atoms with Crippen LogP contribution < -0.4 is 15.9 Å². The fraction of sp³-hybridized carbons (Fsp3) is 0.250. The van der Waals surface area contributed by atoms with Crippen LogP contribution in [0.1, 0.15) is 25.7 Å². The van der Waals surface area contributed by atoms with E-state index in [0.29, 0.717) is 0 Å². The molecule has 2 heteroatoms. The van der Waals surface area contributed by atoms with E-state index in [9.17, 15) is 0 Å². The minimum Gasteiger partial charge on any atom is -0.0861 e. The van der Waals surface area contributed by atoms with Gasteiger partial charge in [-0.2, -0.15) is 0 Å². The Bertz CT molecular complexity index is 643. The molecule has 1 aliphatic carbocycles. The van der Waals surface area contributed by atoms with Crippen molar-refractivity contribution in [1.29, 1.82) is 0 Å². The zero-order valence-electron chi connectivity index (χ0n) is 15.1. The third kappa shape index (κ3) is 5.66. The SMILES string of the molecule is ICC1CCCC1.c1ccc(P(c2ccccc2)c2ccccc2)cc1. The minimum absolute atomic E-state index is 0.446. The zero-order valence-corrected chi connectivity index (χ0v) is 18.2. The van der Waals surface area contributed by atoms with Gasteiger partial charge in [0.1, 0.15) is 0 Å². The molecule has 1 fully saturated rings. The fourth-order valence-corrected chi connectivity index (χ4v) is 6.53. The van der Waals surface area contributed by atoms with Crippen molar-refractivity contribution >= 4 is 46.4 Å². The lowest BCUT2D eigenvalue weighted by molar-refractivity contribution is 0.632. The first-order valence-corrected chi connectivity index (χ1v) is 12.3. The van der Waals surface area contributed by atoms with Crippen LogP contribution in [0.25, 0.3) is 0 Å². The molecule has 4 rings (SSSR count). The van der Waals surface area contributed by atoms with Crippen LogP contribution in [-0.2, 0) is 0 Å². The van der Waals surface area contributed by atoms with Crippen molar-refractivity contribution in [2.75, 3.05) is 4.43 Å². The van der Waals surface area contributed by atoms with Crippen LogP contribution in [0.5, 0.6) is 0 Å². The largest absolute Gasteiger partial charge is 0.0861 e. The lowest BCUT2D eigenvalue weighted by Crippen LogP contribution is -2.20. The van der Waals surface area contributed by atoms with Gasteiger partial charge in [0.2, 0.25) is 0 Å². The van der Waals surface area contributed by atoms with Crippen LogP contribution >= 0.6 is 30.5 Å². The molecule has 0 atom stereocenters. The van der Waals surface area contributed by atoms with Gasteiger partial charge < -0.3 is 0 Å². The maximum Gasteiger partial charge on any atom is 0.00237 e. The topological polar surface area (TPSA) is 0 Å². The van der Waals surface area contributed by atoms with E-state index in [2.05, 4.69) is 114 Å². The Labute approximate surface area is 172 Å². The highest BCUT2D eigenvalue weighted by molar-refractivity contribution is 14.1. The standard InChI is InChI=1S/C18H15P.C6H11I/c1-4-10-16(11-5-1)19(17-12-6-2-7-13-17)18-14-8-3-9-15-18;7-5-6-3-1-2-4-6/h1-15H;6H,1-5H2. The van der Waals surface area contributed by atoms with Gasteiger partial charge in [-0.15, -0.1) is 0 Å². The average molecular weight is 472 g/mol. The van der Waals surface area contributed by atoms with E-state index >= 15 is 0 Å². The highest BCUT2D eigenvalue weighted by Crippen LogP contribution is 2.32.